The molecule has 0 spiro atoms. The van der Waals surface area contributed by atoms with Crippen molar-refractivity contribution in [3.8, 4) is 0 Å². The average molecular weight is 123 g/mol. The molecule has 36 valence electrons. The first-order valence-corrected chi connectivity index (χ1v) is 3.81. The van der Waals surface area contributed by atoms with E-state index in [9.17, 15) is 4.57 Å². The van der Waals surface area contributed by atoms with E-state index < -0.39 is 0 Å². The van der Waals surface area contributed by atoms with E-state index in [1.54, 1.807) is 6.92 Å². The summed E-state index contributed by atoms with van der Waals surface area (Å²) in [4.78, 5) is 0. The summed E-state index contributed by atoms with van der Waals surface area (Å²) < 4.78 is 9.60. The predicted molar refractivity (Wildman–Crippen MR) is 28.8 cm³/mol. The minimum atomic E-state index is -0.0100. The molecule has 2 N–H and O–H groups in total. The van der Waals surface area contributed by atoms with E-state index in [2.05, 4.69) is 0 Å². The van der Waals surface area contributed by atoms with Gasteiger partial charge in [0.05, 0.1) is 0 Å². The third-order valence-corrected chi connectivity index (χ3v) is 1.88. The van der Waals surface area contributed by atoms with Gasteiger partial charge in [-0.1, -0.05) is 0 Å². The quantitative estimate of drug-likeness (QED) is 0.389. The zero-order chi connectivity index (χ0) is 4.99. The van der Waals surface area contributed by atoms with E-state index in [1.165, 1.54) is 10.7 Å². The van der Waals surface area contributed by atoms with E-state index in [4.69, 9.17) is 5.73 Å². The summed E-state index contributed by atoms with van der Waals surface area (Å²) in [7, 11) is 1.25. The molecule has 0 aromatic carbocycles. The van der Waals surface area contributed by atoms with Crippen molar-refractivity contribution in [2.75, 3.05) is 0 Å². The Kier molecular flexibility index (Phi) is 3.84. The zero-order valence-electron chi connectivity index (χ0n) is 3.42. The zero-order valence-corrected chi connectivity index (χ0v) is 5.13. The first-order valence-electron chi connectivity index (χ1n) is 1.51. The normalized spacial score (nSPS) is 13.0. The molecule has 0 saturated heterocycles. The number of hydrogen-bond donors (Lipinski definition) is 1. The van der Waals surface area contributed by atoms with Gasteiger partial charge in [0.25, 0.3) is 0 Å². The fraction of sp³-hybridized carbons (Fsp3) is 1.00. The van der Waals surface area contributed by atoms with E-state index in [0.29, 0.717) is 0 Å². The maximum atomic E-state index is 9.60. The molecule has 0 aliphatic carbocycles. The van der Waals surface area contributed by atoms with Crippen LogP contribution in [0.4, 0.5) is 0 Å². The summed E-state index contributed by atoms with van der Waals surface area (Å²) >= 11 is 0. The van der Waals surface area contributed by atoms with Crippen molar-refractivity contribution in [3.05, 3.63) is 0 Å². The molecular weight excluding hydrogens is 117 g/mol. The monoisotopic (exact) mass is 123 g/mol. The summed E-state index contributed by atoms with van der Waals surface area (Å²) in [5.74, 6) is 0. The molecule has 4 heteroatoms. The minimum absolute atomic E-state index is 0.0100. The molecule has 0 aromatic heterocycles. The van der Waals surface area contributed by atoms with Gasteiger partial charge in [-0.25, -0.2) is 0 Å². The summed E-state index contributed by atoms with van der Waals surface area (Å²) in [5.41, 5.74) is 5.16. The summed E-state index contributed by atoms with van der Waals surface area (Å²) in [5, 5.41) is -0.0100. The van der Waals surface area contributed by atoms with E-state index in [1.807, 2.05) is 0 Å². The van der Waals surface area contributed by atoms with Crippen molar-refractivity contribution in [2.45, 2.75) is 12.3 Å². The molecule has 0 bridgehead atoms. The summed E-state index contributed by atoms with van der Waals surface area (Å²) in [6.07, 6.45) is 0. The van der Waals surface area contributed by atoms with Gasteiger partial charge in [-0.3, -0.25) is 0 Å². The molecule has 0 heterocycles. The van der Waals surface area contributed by atoms with Gasteiger partial charge in [-0.05, 0) is 0 Å². The van der Waals surface area contributed by atoms with E-state index >= 15 is 0 Å². The third kappa shape index (κ3) is 4.41. The topological polar surface area (TPSA) is 43.1 Å². The SMILES string of the molecule is CC(N)S#P=O. The van der Waals surface area contributed by atoms with Crippen LogP contribution in [0.1, 0.15) is 6.92 Å². The van der Waals surface area contributed by atoms with Crippen LogP contribution in [0, 0.1) is 0 Å². The van der Waals surface area contributed by atoms with Crippen LogP contribution < -0.4 is 5.73 Å². The van der Waals surface area contributed by atoms with Crippen LogP contribution >= 0.6 is 17.8 Å². The molecule has 0 rings (SSSR count). The van der Waals surface area contributed by atoms with Gasteiger partial charge in [-0.2, -0.15) is 0 Å². The number of nitrogens with two attached hydrogens (primary N) is 1. The molecule has 6 heavy (non-hydrogen) atoms. The Balaban J connectivity index is 3.49. The van der Waals surface area contributed by atoms with Crippen molar-refractivity contribution >= 4 is 17.8 Å². The fourth-order valence-electron chi connectivity index (χ4n) is 0.0679. The third-order valence-electron chi connectivity index (χ3n) is 0.209. The molecule has 1 atom stereocenters. The van der Waals surface area contributed by atoms with Crippen molar-refractivity contribution in [3.63, 3.8) is 0 Å². The van der Waals surface area contributed by atoms with Crippen LogP contribution in [0.15, 0.2) is 0 Å². The van der Waals surface area contributed by atoms with Crippen LogP contribution in [0.5, 0.6) is 0 Å². The predicted octanol–water partition coefficient (Wildman–Crippen LogP) is 1.23. The van der Waals surface area contributed by atoms with Gasteiger partial charge in [0.1, 0.15) is 0 Å². The van der Waals surface area contributed by atoms with Gasteiger partial charge in [0.2, 0.25) is 0 Å². The second-order valence-electron chi connectivity index (χ2n) is 0.885. The Bertz CT molecular complexity index is 114. The number of hydrogen-bond acceptors (Lipinski definition) is 2. The molecule has 0 radical (unpaired) electrons. The fourth-order valence-corrected chi connectivity index (χ4v) is 0.611. The average Bonchev–Trinajstić information content (AvgIpc) is 1.35. The molecule has 0 aliphatic rings. The van der Waals surface area contributed by atoms with Crippen molar-refractivity contribution in [2.24, 2.45) is 5.73 Å². The Morgan fingerprint density at radius 3 is 2.50 bits per heavy atom. The standard InChI is InChI=1S/C2H6NOPS/c1-2(3)6-5-4/h2H,3H2,1H3. The van der Waals surface area contributed by atoms with Crippen molar-refractivity contribution in [1.29, 1.82) is 0 Å². The molecule has 2 nitrogen and oxygen atoms in total. The van der Waals surface area contributed by atoms with Crippen LogP contribution in [0.3, 0.4) is 0 Å². The second kappa shape index (κ2) is 3.59. The van der Waals surface area contributed by atoms with Crippen LogP contribution in [-0.2, 0) is 4.57 Å². The van der Waals surface area contributed by atoms with E-state index in [-0.39, 0.29) is 12.4 Å². The van der Waals surface area contributed by atoms with Gasteiger partial charge < -0.3 is 0 Å². The van der Waals surface area contributed by atoms with Gasteiger partial charge in [0.15, 0.2) is 0 Å². The molecule has 1 unspecified atom stereocenters. The van der Waals surface area contributed by atoms with Gasteiger partial charge in [-0.15, -0.1) is 0 Å². The Morgan fingerprint density at radius 2 is 2.50 bits per heavy atom. The van der Waals surface area contributed by atoms with Gasteiger partial charge >= 0.3 is 40.4 Å². The molecular formula is C2H6NOPS. The molecule has 0 aromatic rings. The Morgan fingerprint density at radius 1 is 2.00 bits per heavy atom. The Hall–Kier alpha value is 0.410. The van der Waals surface area contributed by atoms with Gasteiger partial charge in [0, 0.05) is 0 Å². The molecule has 0 aliphatic heterocycles. The van der Waals surface area contributed by atoms with Crippen molar-refractivity contribution in [1.82, 2.24) is 0 Å². The second-order valence-corrected chi connectivity index (χ2v) is 3.07. The molecule has 0 saturated carbocycles. The molecule has 0 amide bonds. The van der Waals surface area contributed by atoms with E-state index in [0.717, 1.165) is 0 Å². The first kappa shape index (κ1) is 6.41. The molecule has 0 fully saturated rings. The van der Waals surface area contributed by atoms with Crippen LogP contribution in [0.25, 0.3) is 0 Å². The summed E-state index contributed by atoms with van der Waals surface area (Å²) in [6, 6.07) is 0. The van der Waals surface area contributed by atoms with Crippen LogP contribution in [-0.4, -0.2) is 5.37 Å². The number of rotatable bonds is 0. The van der Waals surface area contributed by atoms with Crippen LogP contribution in [0.2, 0.25) is 0 Å². The Labute approximate surface area is 41.2 Å². The first-order chi connectivity index (χ1) is 2.77. The van der Waals surface area contributed by atoms with Crippen molar-refractivity contribution < 1.29 is 4.57 Å². The maximum absolute atomic E-state index is 9.60. The summed E-state index contributed by atoms with van der Waals surface area (Å²) in [6.45, 7) is 1.79.